The Kier molecular flexibility index (Phi) is 8.44. The van der Waals surface area contributed by atoms with E-state index in [1.807, 2.05) is 12.1 Å². The van der Waals surface area contributed by atoms with E-state index in [0.29, 0.717) is 17.6 Å². The van der Waals surface area contributed by atoms with Crippen LogP contribution in [-0.2, 0) is 4.79 Å². The molecule has 0 spiro atoms. The molecule has 0 aliphatic rings. The van der Waals surface area contributed by atoms with Crippen molar-refractivity contribution in [2.45, 2.75) is 20.3 Å². The van der Waals surface area contributed by atoms with E-state index >= 15 is 0 Å². The molecule has 0 fully saturated rings. The Balaban J connectivity index is 1.73. The second kappa shape index (κ2) is 10.8. The summed E-state index contributed by atoms with van der Waals surface area (Å²) in [5.41, 5.74) is 2.56. The first-order chi connectivity index (χ1) is 13.4. The lowest BCUT2D eigenvalue weighted by Gasteiger charge is -2.25. The molecule has 0 heterocycles. The summed E-state index contributed by atoms with van der Waals surface area (Å²) in [5, 5.41) is 5.50. The third kappa shape index (κ3) is 6.34. The molecule has 0 saturated heterocycles. The summed E-state index contributed by atoms with van der Waals surface area (Å²) in [5.74, 6) is -1.05. The van der Waals surface area contributed by atoms with Crippen LogP contribution in [-0.4, -0.2) is 38.0 Å². The highest BCUT2D eigenvalue weighted by Gasteiger charge is 2.12. The van der Waals surface area contributed by atoms with E-state index in [1.54, 1.807) is 0 Å². The van der Waals surface area contributed by atoms with E-state index in [2.05, 4.69) is 57.4 Å². The van der Waals surface area contributed by atoms with Crippen LogP contribution in [0.1, 0.15) is 29.3 Å². The summed E-state index contributed by atoms with van der Waals surface area (Å²) in [4.78, 5) is 26.3. The van der Waals surface area contributed by atoms with Crippen LogP contribution < -0.4 is 15.5 Å². The van der Waals surface area contributed by atoms with Gasteiger partial charge in [0.2, 0.25) is 5.91 Å². The fraction of sp³-hybridized carbons (Fsp3) is 0.333. The minimum atomic E-state index is -0.486. The standard InChI is InChI=1S/C21H25BrFN3O2/c1-3-26(19-7-5-4-6-15(19)2)13-12-24-20(27)10-11-25-21(28)17-14-16(23)8-9-18(17)22/h4-9,14H,3,10-13H2,1-2H3,(H,24,27)(H,25,28). The minimum Gasteiger partial charge on any atom is -0.370 e. The van der Waals surface area contributed by atoms with Gasteiger partial charge in [-0.25, -0.2) is 4.39 Å². The maximum absolute atomic E-state index is 13.3. The normalized spacial score (nSPS) is 10.4. The SMILES string of the molecule is CCN(CCNC(=O)CCNC(=O)c1cc(F)ccc1Br)c1ccccc1C. The Morgan fingerprint density at radius 1 is 1.11 bits per heavy atom. The van der Waals surface area contributed by atoms with Crippen molar-refractivity contribution in [1.82, 2.24) is 10.6 Å². The highest BCUT2D eigenvalue weighted by atomic mass is 79.9. The van der Waals surface area contributed by atoms with Gasteiger partial charge < -0.3 is 15.5 Å². The van der Waals surface area contributed by atoms with Crippen molar-refractivity contribution in [3.05, 3.63) is 63.9 Å². The zero-order chi connectivity index (χ0) is 20.5. The zero-order valence-electron chi connectivity index (χ0n) is 16.1. The lowest BCUT2D eigenvalue weighted by atomic mass is 10.2. The first-order valence-electron chi connectivity index (χ1n) is 9.23. The second-order valence-corrected chi connectivity index (χ2v) is 7.20. The molecule has 150 valence electrons. The Labute approximate surface area is 173 Å². The van der Waals surface area contributed by atoms with Crippen LogP contribution in [0.5, 0.6) is 0 Å². The number of aryl methyl sites for hydroxylation is 1. The Hall–Kier alpha value is -2.41. The molecule has 0 bridgehead atoms. The van der Waals surface area contributed by atoms with Crippen LogP contribution in [0.15, 0.2) is 46.9 Å². The van der Waals surface area contributed by atoms with Gasteiger partial charge in [-0.1, -0.05) is 18.2 Å². The van der Waals surface area contributed by atoms with Gasteiger partial charge in [0.25, 0.3) is 5.91 Å². The van der Waals surface area contributed by atoms with Gasteiger partial charge >= 0.3 is 0 Å². The number of rotatable bonds is 9. The number of hydrogen-bond acceptors (Lipinski definition) is 3. The second-order valence-electron chi connectivity index (χ2n) is 6.35. The number of amides is 2. The van der Waals surface area contributed by atoms with E-state index in [-0.39, 0.29) is 24.4 Å². The minimum absolute atomic E-state index is 0.139. The molecule has 0 saturated carbocycles. The van der Waals surface area contributed by atoms with Gasteiger partial charge in [-0.15, -0.1) is 0 Å². The predicted molar refractivity (Wildman–Crippen MR) is 113 cm³/mol. The molecule has 5 nitrogen and oxygen atoms in total. The molecule has 0 unspecified atom stereocenters. The molecule has 0 aliphatic heterocycles. The number of para-hydroxylation sites is 1. The molecule has 0 aromatic heterocycles. The van der Waals surface area contributed by atoms with Crippen LogP contribution >= 0.6 is 15.9 Å². The van der Waals surface area contributed by atoms with E-state index in [9.17, 15) is 14.0 Å². The van der Waals surface area contributed by atoms with E-state index < -0.39 is 11.7 Å². The van der Waals surface area contributed by atoms with Gasteiger partial charge in [-0.2, -0.15) is 0 Å². The van der Waals surface area contributed by atoms with Gasteiger partial charge in [0, 0.05) is 42.8 Å². The van der Waals surface area contributed by atoms with E-state index in [1.165, 1.54) is 17.7 Å². The number of halogens is 2. The van der Waals surface area contributed by atoms with Crippen molar-refractivity contribution in [3.63, 3.8) is 0 Å². The Morgan fingerprint density at radius 3 is 2.57 bits per heavy atom. The van der Waals surface area contributed by atoms with Crippen LogP contribution in [0.2, 0.25) is 0 Å². The largest absolute Gasteiger partial charge is 0.370 e. The highest BCUT2D eigenvalue weighted by Crippen LogP contribution is 2.19. The lowest BCUT2D eigenvalue weighted by molar-refractivity contribution is -0.120. The average Bonchev–Trinajstić information content (AvgIpc) is 2.68. The fourth-order valence-corrected chi connectivity index (χ4v) is 3.27. The maximum Gasteiger partial charge on any atom is 0.252 e. The van der Waals surface area contributed by atoms with Crippen molar-refractivity contribution in [2.24, 2.45) is 0 Å². The summed E-state index contributed by atoms with van der Waals surface area (Å²) >= 11 is 3.22. The topological polar surface area (TPSA) is 61.4 Å². The lowest BCUT2D eigenvalue weighted by Crippen LogP contribution is -2.36. The van der Waals surface area contributed by atoms with Gasteiger partial charge in [0.1, 0.15) is 5.82 Å². The third-order valence-electron chi connectivity index (χ3n) is 4.35. The van der Waals surface area contributed by atoms with E-state index in [4.69, 9.17) is 0 Å². The van der Waals surface area contributed by atoms with Gasteiger partial charge in [0.05, 0.1) is 5.56 Å². The molecule has 2 aromatic carbocycles. The fourth-order valence-electron chi connectivity index (χ4n) is 2.84. The van der Waals surface area contributed by atoms with Crippen molar-refractivity contribution >= 4 is 33.4 Å². The highest BCUT2D eigenvalue weighted by molar-refractivity contribution is 9.10. The third-order valence-corrected chi connectivity index (χ3v) is 5.04. The average molecular weight is 450 g/mol. The number of carbonyl (C=O) groups is 2. The molecule has 2 amide bonds. The molecule has 0 radical (unpaired) electrons. The van der Waals surface area contributed by atoms with E-state index in [0.717, 1.165) is 18.3 Å². The van der Waals surface area contributed by atoms with Crippen LogP contribution in [0.4, 0.5) is 10.1 Å². The summed E-state index contributed by atoms with van der Waals surface area (Å²) < 4.78 is 13.8. The zero-order valence-corrected chi connectivity index (χ0v) is 17.7. The summed E-state index contributed by atoms with van der Waals surface area (Å²) in [6, 6.07) is 12.0. The molecule has 0 atom stereocenters. The number of nitrogens with zero attached hydrogens (tertiary/aromatic N) is 1. The molecular weight excluding hydrogens is 425 g/mol. The number of anilines is 1. The monoisotopic (exact) mass is 449 g/mol. The first kappa shape index (κ1) is 21.9. The smallest absolute Gasteiger partial charge is 0.252 e. The summed E-state index contributed by atoms with van der Waals surface area (Å²) in [6.45, 7) is 6.40. The molecule has 2 N–H and O–H groups in total. The van der Waals surface area contributed by atoms with Crippen LogP contribution in [0.3, 0.4) is 0 Å². The van der Waals surface area contributed by atoms with Crippen LogP contribution in [0.25, 0.3) is 0 Å². The molecule has 2 aromatic rings. The van der Waals surface area contributed by atoms with Gasteiger partial charge in [-0.3, -0.25) is 9.59 Å². The maximum atomic E-state index is 13.3. The number of carbonyl (C=O) groups excluding carboxylic acids is 2. The van der Waals surface area contributed by atoms with Crippen molar-refractivity contribution in [1.29, 1.82) is 0 Å². The quantitative estimate of drug-likeness (QED) is 0.613. The molecule has 0 aliphatic carbocycles. The Morgan fingerprint density at radius 2 is 1.86 bits per heavy atom. The van der Waals surface area contributed by atoms with Crippen molar-refractivity contribution < 1.29 is 14.0 Å². The molecular formula is C21H25BrFN3O2. The summed E-state index contributed by atoms with van der Waals surface area (Å²) in [6.07, 6.45) is 0.162. The van der Waals surface area contributed by atoms with Gasteiger partial charge in [-0.05, 0) is 59.6 Å². The van der Waals surface area contributed by atoms with Crippen molar-refractivity contribution in [3.8, 4) is 0 Å². The summed E-state index contributed by atoms with van der Waals surface area (Å²) in [7, 11) is 0. The number of benzene rings is 2. The van der Waals surface area contributed by atoms with Crippen LogP contribution in [0, 0.1) is 12.7 Å². The molecule has 28 heavy (non-hydrogen) atoms. The predicted octanol–water partition coefficient (Wildman–Crippen LogP) is 3.66. The van der Waals surface area contributed by atoms with Gasteiger partial charge in [0.15, 0.2) is 0 Å². The number of hydrogen-bond donors (Lipinski definition) is 2. The molecule has 7 heteroatoms. The van der Waals surface area contributed by atoms with Crippen molar-refractivity contribution in [2.75, 3.05) is 31.1 Å². The Bertz CT molecular complexity index is 829. The molecule has 2 rings (SSSR count). The number of likely N-dealkylation sites (N-methyl/N-ethyl adjacent to an activating group) is 1. The first-order valence-corrected chi connectivity index (χ1v) is 10.0. The number of nitrogens with one attached hydrogen (secondary N) is 2.